The average molecular weight is 651 g/mol. The lowest BCUT2D eigenvalue weighted by Gasteiger charge is -2.34. The number of ether oxygens (including phenoxy) is 1. The van der Waals surface area contributed by atoms with Crippen LogP contribution >= 0.6 is 23.7 Å². The van der Waals surface area contributed by atoms with Gasteiger partial charge in [-0.2, -0.15) is 4.31 Å². The maximum atomic E-state index is 13.1. The van der Waals surface area contributed by atoms with Gasteiger partial charge in [0.2, 0.25) is 10.0 Å². The standard InChI is InChI=1S/C29H38N6O5S2.ClH/c1-4-40-29(37)34-15-17-35(18-16-34)42(38,39)24-7-5-23(6-8-24)27(36)30-9-10-32-11-13-33(14-12-32)28-31-26-22(3)19-21(2)20-25(26)41-28;/h5-8,19-20H,4,9-18H2,1-3H3,(H,30,36);1H. The molecule has 0 unspecified atom stereocenters. The summed E-state index contributed by atoms with van der Waals surface area (Å²) in [6.45, 7) is 12.0. The van der Waals surface area contributed by atoms with E-state index >= 15 is 0 Å². The van der Waals surface area contributed by atoms with Crippen molar-refractivity contribution in [3.05, 3.63) is 53.1 Å². The number of fused-ring (bicyclic) bond motifs is 1. The highest BCUT2D eigenvalue weighted by molar-refractivity contribution is 7.89. The largest absolute Gasteiger partial charge is 0.450 e. The third-order valence-corrected chi connectivity index (χ3v) is 10.7. The number of anilines is 1. The van der Waals surface area contributed by atoms with Crippen LogP contribution in [0.4, 0.5) is 9.93 Å². The Bertz CT molecular complexity index is 1530. The summed E-state index contributed by atoms with van der Waals surface area (Å²) in [4.78, 5) is 35.8. The third kappa shape index (κ3) is 7.58. The molecule has 3 aromatic rings. The summed E-state index contributed by atoms with van der Waals surface area (Å²) in [6.07, 6.45) is -0.429. The first-order valence-electron chi connectivity index (χ1n) is 14.3. The average Bonchev–Trinajstić information content (AvgIpc) is 3.42. The van der Waals surface area contributed by atoms with Crippen LogP contribution in [0.3, 0.4) is 0 Å². The zero-order chi connectivity index (χ0) is 29.9. The number of nitrogens with zero attached hydrogens (tertiary/aromatic N) is 5. The Hall–Kier alpha value is -2.97. The number of aryl methyl sites for hydroxylation is 2. The Morgan fingerprint density at radius 1 is 0.977 bits per heavy atom. The van der Waals surface area contributed by atoms with E-state index in [1.165, 1.54) is 49.3 Å². The van der Waals surface area contributed by atoms with Gasteiger partial charge in [0.25, 0.3) is 5.91 Å². The number of carbonyl (C=O) groups excluding carboxylic acids is 2. The van der Waals surface area contributed by atoms with Gasteiger partial charge in [-0.3, -0.25) is 9.69 Å². The van der Waals surface area contributed by atoms with Crippen LogP contribution in [0.2, 0.25) is 0 Å². The predicted molar refractivity (Wildman–Crippen MR) is 171 cm³/mol. The van der Waals surface area contributed by atoms with Gasteiger partial charge in [-0.05, 0) is 62.2 Å². The number of benzene rings is 2. The molecule has 1 aromatic heterocycles. The number of rotatable bonds is 8. The van der Waals surface area contributed by atoms with Crippen LogP contribution in [0.15, 0.2) is 41.3 Å². The molecule has 2 amide bonds. The fraction of sp³-hybridized carbons (Fsp3) is 0.483. The molecule has 0 spiro atoms. The van der Waals surface area contributed by atoms with E-state index in [4.69, 9.17) is 9.72 Å². The maximum Gasteiger partial charge on any atom is 0.409 e. The van der Waals surface area contributed by atoms with Crippen LogP contribution < -0.4 is 10.2 Å². The van der Waals surface area contributed by atoms with Crippen molar-refractivity contribution in [3.63, 3.8) is 0 Å². The second kappa shape index (κ2) is 14.2. The summed E-state index contributed by atoms with van der Waals surface area (Å²) in [5.74, 6) is -0.235. The number of hydrogen-bond donors (Lipinski definition) is 1. The number of carbonyl (C=O) groups is 2. The summed E-state index contributed by atoms with van der Waals surface area (Å²) in [7, 11) is -3.73. The van der Waals surface area contributed by atoms with E-state index in [-0.39, 0.29) is 56.0 Å². The van der Waals surface area contributed by atoms with Gasteiger partial charge in [-0.25, -0.2) is 18.2 Å². The Morgan fingerprint density at radius 2 is 1.65 bits per heavy atom. The lowest BCUT2D eigenvalue weighted by Crippen LogP contribution is -2.50. The van der Waals surface area contributed by atoms with E-state index in [0.29, 0.717) is 12.1 Å². The van der Waals surface area contributed by atoms with E-state index in [1.54, 1.807) is 18.3 Å². The second-order valence-corrected chi connectivity index (χ2v) is 13.6. The van der Waals surface area contributed by atoms with Crippen LogP contribution in [-0.2, 0) is 14.8 Å². The van der Waals surface area contributed by atoms with Crippen molar-refractivity contribution >= 4 is 61.1 Å². The molecular formula is C29H39ClN6O5S2. The van der Waals surface area contributed by atoms with Crippen molar-refractivity contribution in [3.8, 4) is 0 Å². The fourth-order valence-electron chi connectivity index (χ4n) is 5.34. The summed E-state index contributed by atoms with van der Waals surface area (Å²) < 4.78 is 33.7. The van der Waals surface area contributed by atoms with Crippen LogP contribution in [0.5, 0.6) is 0 Å². The molecule has 2 saturated heterocycles. The van der Waals surface area contributed by atoms with Crippen LogP contribution in [0.25, 0.3) is 10.2 Å². The molecule has 234 valence electrons. The minimum atomic E-state index is -3.73. The lowest BCUT2D eigenvalue weighted by molar-refractivity contribution is 0.0932. The second-order valence-electron chi connectivity index (χ2n) is 10.6. The SMILES string of the molecule is CCOC(=O)N1CCN(S(=O)(=O)c2ccc(C(=O)NCCN3CCN(c4nc5c(C)cc(C)cc5s4)CC3)cc2)CC1.Cl. The highest BCUT2D eigenvalue weighted by Gasteiger charge is 2.30. The molecule has 2 aromatic carbocycles. The van der Waals surface area contributed by atoms with Crippen LogP contribution in [0, 0.1) is 13.8 Å². The number of amides is 2. The van der Waals surface area contributed by atoms with Crippen molar-refractivity contribution < 1.29 is 22.7 Å². The van der Waals surface area contributed by atoms with Gasteiger partial charge < -0.3 is 19.9 Å². The first-order chi connectivity index (χ1) is 20.2. The Morgan fingerprint density at radius 3 is 2.30 bits per heavy atom. The van der Waals surface area contributed by atoms with Gasteiger partial charge in [-0.15, -0.1) is 12.4 Å². The van der Waals surface area contributed by atoms with Crippen molar-refractivity contribution in [1.82, 2.24) is 24.4 Å². The van der Waals surface area contributed by atoms with Gasteiger partial charge >= 0.3 is 6.09 Å². The van der Waals surface area contributed by atoms with E-state index in [0.717, 1.165) is 43.4 Å². The molecule has 2 fully saturated rings. The normalized spacial score (nSPS) is 16.6. The number of aromatic nitrogens is 1. The number of sulfonamides is 1. The molecule has 2 aliphatic heterocycles. The minimum Gasteiger partial charge on any atom is -0.450 e. The first kappa shape index (κ1) is 32.9. The number of hydrogen-bond acceptors (Lipinski definition) is 9. The molecule has 14 heteroatoms. The topological polar surface area (TPSA) is 115 Å². The Labute approximate surface area is 263 Å². The predicted octanol–water partition coefficient (Wildman–Crippen LogP) is 3.35. The Kier molecular flexibility index (Phi) is 10.9. The Balaban J connectivity index is 0.00000423. The molecule has 2 aliphatic rings. The molecule has 43 heavy (non-hydrogen) atoms. The van der Waals surface area contributed by atoms with Gasteiger partial charge in [0.15, 0.2) is 5.13 Å². The van der Waals surface area contributed by atoms with Crippen molar-refractivity contribution in [2.75, 3.05) is 77.0 Å². The summed E-state index contributed by atoms with van der Waals surface area (Å²) in [6, 6.07) is 10.4. The number of piperazine rings is 2. The zero-order valence-corrected chi connectivity index (χ0v) is 27.2. The van der Waals surface area contributed by atoms with Crippen LogP contribution in [-0.4, -0.2) is 112 Å². The van der Waals surface area contributed by atoms with Crippen molar-refractivity contribution in [2.45, 2.75) is 25.7 Å². The molecule has 0 bridgehead atoms. The third-order valence-electron chi connectivity index (χ3n) is 7.69. The molecule has 1 N–H and O–H groups in total. The quantitative estimate of drug-likeness (QED) is 0.395. The minimum absolute atomic E-state index is 0. The molecule has 5 rings (SSSR count). The first-order valence-corrected chi connectivity index (χ1v) is 16.6. The molecule has 3 heterocycles. The molecule has 11 nitrogen and oxygen atoms in total. The van der Waals surface area contributed by atoms with Gasteiger partial charge in [0.05, 0.1) is 21.7 Å². The summed E-state index contributed by atoms with van der Waals surface area (Å²) in [5, 5.41) is 4.02. The van der Waals surface area contributed by atoms with Gasteiger partial charge in [-0.1, -0.05) is 17.4 Å². The fourth-order valence-corrected chi connectivity index (χ4v) is 7.96. The molecule has 0 atom stereocenters. The van der Waals surface area contributed by atoms with Crippen LogP contribution in [0.1, 0.15) is 28.4 Å². The maximum absolute atomic E-state index is 13.1. The van der Waals surface area contributed by atoms with E-state index in [9.17, 15) is 18.0 Å². The highest BCUT2D eigenvalue weighted by Crippen LogP contribution is 2.32. The van der Waals surface area contributed by atoms with E-state index in [1.807, 2.05) is 0 Å². The van der Waals surface area contributed by atoms with E-state index in [2.05, 4.69) is 41.1 Å². The summed E-state index contributed by atoms with van der Waals surface area (Å²) in [5.41, 5.74) is 3.97. The van der Waals surface area contributed by atoms with Gasteiger partial charge in [0.1, 0.15) is 0 Å². The van der Waals surface area contributed by atoms with E-state index < -0.39 is 16.1 Å². The lowest BCUT2D eigenvalue weighted by atomic mass is 10.1. The smallest absolute Gasteiger partial charge is 0.409 e. The zero-order valence-electron chi connectivity index (χ0n) is 24.7. The number of nitrogens with one attached hydrogen (secondary N) is 1. The molecule has 0 aliphatic carbocycles. The molecule has 0 saturated carbocycles. The van der Waals surface area contributed by atoms with Gasteiger partial charge in [0, 0.05) is 71.0 Å². The number of thiazole rings is 1. The van der Waals surface area contributed by atoms with Crippen molar-refractivity contribution in [1.29, 1.82) is 0 Å². The highest BCUT2D eigenvalue weighted by atomic mass is 35.5. The molecular weight excluding hydrogens is 612 g/mol. The monoisotopic (exact) mass is 650 g/mol. The summed E-state index contributed by atoms with van der Waals surface area (Å²) >= 11 is 1.75. The van der Waals surface area contributed by atoms with Crippen molar-refractivity contribution in [2.24, 2.45) is 0 Å². The molecule has 0 radical (unpaired) electrons. The number of halogens is 1.